The first-order chi connectivity index (χ1) is 12.6. The van der Waals surface area contributed by atoms with Gasteiger partial charge in [-0.1, -0.05) is 6.07 Å². The van der Waals surface area contributed by atoms with Gasteiger partial charge in [-0.05, 0) is 50.4 Å². The van der Waals surface area contributed by atoms with Gasteiger partial charge in [-0.3, -0.25) is 19.7 Å². The third-order valence-electron chi connectivity index (χ3n) is 5.47. The van der Waals surface area contributed by atoms with Gasteiger partial charge in [-0.2, -0.15) is 0 Å². The molecule has 3 heterocycles. The van der Waals surface area contributed by atoms with Crippen molar-refractivity contribution in [2.24, 2.45) is 5.92 Å². The minimum absolute atomic E-state index is 0.165. The first-order valence-corrected chi connectivity index (χ1v) is 9.23. The van der Waals surface area contributed by atoms with Gasteiger partial charge in [0.05, 0.1) is 13.2 Å². The summed E-state index contributed by atoms with van der Waals surface area (Å²) in [6.07, 6.45) is 2.82. The molecule has 4 rings (SSSR count). The molecular weight excluding hydrogens is 334 g/mol. The Balaban J connectivity index is 1.48. The summed E-state index contributed by atoms with van der Waals surface area (Å²) in [5, 5.41) is 5.67. The van der Waals surface area contributed by atoms with Gasteiger partial charge in [0, 0.05) is 17.5 Å². The van der Waals surface area contributed by atoms with Gasteiger partial charge < -0.3 is 15.0 Å². The predicted molar refractivity (Wildman–Crippen MR) is 93.6 cm³/mol. The molecule has 3 aliphatic rings. The van der Waals surface area contributed by atoms with E-state index in [2.05, 4.69) is 10.6 Å². The Kier molecular flexibility index (Phi) is 4.63. The highest BCUT2D eigenvalue weighted by molar-refractivity contribution is 6.05. The molecule has 138 valence electrons. The summed E-state index contributed by atoms with van der Waals surface area (Å²) in [4.78, 5) is 37.8. The van der Waals surface area contributed by atoms with Crippen molar-refractivity contribution < 1.29 is 19.1 Å². The number of nitrogens with zero attached hydrogens (tertiary/aromatic N) is 1. The molecule has 2 fully saturated rings. The molecule has 0 aliphatic carbocycles. The van der Waals surface area contributed by atoms with E-state index >= 15 is 0 Å². The average Bonchev–Trinajstić information content (AvgIpc) is 2.98. The number of amides is 3. The Hall–Kier alpha value is -2.41. The lowest BCUT2D eigenvalue weighted by molar-refractivity contribution is -0.136. The van der Waals surface area contributed by atoms with Crippen LogP contribution >= 0.6 is 0 Å². The monoisotopic (exact) mass is 357 g/mol. The molecule has 1 aromatic carbocycles. The van der Waals surface area contributed by atoms with E-state index in [4.69, 9.17) is 4.74 Å². The standard InChI is InChI=1S/C19H23N3O4/c23-17-5-4-15(18(24)21-17)22-10-14-13(19(22)25)2-1-3-16(14)26-11-12-6-8-20-9-7-12/h1-3,12,15,20H,4-11H2,(H,21,23,24). The Labute approximate surface area is 152 Å². The number of nitrogens with one attached hydrogen (secondary N) is 2. The molecule has 7 heteroatoms. The molecule has 2 N–H and O–H groups in total. The van der Waals surface area contributed by atoms with Crippen molar-refractivity contribution >= 4 is 17.7 Å². The van der Waals surface area contributed by atoms with Crippen LogP contribution in [0.15, 0.2) is 18.2 Å². The number of carbonyl (C=O) groups is 3. The van der Waals surface area contributed by atoms with E-state index in [-0.39, 0.29) is 24.1 Å². The highest BCUT2D eigenvalue weighted by Gasteiger charge is 2.40. The number of carbonyl (C=O) groups excluding carboxylic acids is 3. The Morgan fingerprint density at radius 1 is 1.12 bits per heavy atom. The molecule has 2 saturated heterocycles. The zero-order valence-electron chi connectivity index (χ0n) is 14.6. The predicted octanol–water partition coefficient (Wildman–Crippen LogP) is 0.826. The molecule has 0 spiro atoms. The van der Waals surface area contributed by atoms with Crippen molar-refractivity contribution in [3.8, 4) is 5.75 Å². The molecule has 1 atom stereocenters. The summed E-state index contributed by atoms with van der Waals surface area (Å²) in [5.41, 5.74) is 1.44. The van der Waals surface area contributed by atoms with Crippen LogP contribution in [-0.2, 0) is 16.1 Å². The van der Waals surface area contributed by atoms with Gasteiger partial charge in [0.2, 0.25) is 11.8 Å². The molecule has 0 radical (unpaired) electrons. The molecule has 0 saturated carbocycles. The van der Waals surface area contributed by atoms with Crippen LogP contribution in [0.4, 0.5) is 0 Å². The number of hydrogen-bond acceptors (Lipinski definition) is 5. The fourth-order valence-corrected chi connectivity index (χ4v) is 3.95. The highest BCUT2D eigenvalue weighted by atomic mass is 16.5. The van der Waals surface area contributed by atoms with E-state index in [1.54, 1.807) is 11.0 Å². The third kappa shape index (κ3) is 3.19. The molecule has 0 bridgehead atoms. The molecule has 26 heavy (non-hydrogen) atoms. The minimum Gasteiger partial charge on any atom is -0.493 e. The zero-order valence-corrected chi connectivity index (χ0v) is 14.6. The van der Waals surface area contributed by atoms with Crippen molar-refractivity contribution in [2.45, 2.75) is 38.3 Å². The normalized spacial score (nSPS) is 23.8. The number of ether oxygens (including phenoxy) is 1. The van der Waals surface area contributed by atoms with Crippen LogP contribution in [0.2, 0.25) is 0 Å². The largest absolute Gasteiger partial charge is 0.493 e. The highest BCUT2D eigenvalue weighted by Crippen LogP contribution is 2.34. The van der Waals surface area contributed by atoms with Crippen LogP contribution in [0.5, 0.6) is 5.75 Å². The second-order valence-corrected chi connectivity index (χ2v) is 7.19. The summed E-state index contributed by atoms with van der Waals surface area (Å²) in [6.45, 7) is 3.03. The lowest BCUT2D eigenvalue weighted by atomic mass is 9.99. The summed E-state index contributed by atoms with van der Waals surface area (Å²) >= 11 is 0. The van der Waals surface area contributed by atoms with Crippen molar-refractivity contribution in [1.82, 2.24) is 15.5 Å². The topological polar surface area (TPSA) is 87.7 Å². The van der Waals surface area contributed by atoms with Crippen molar-refractivity contribution in [1.29, 1.82) is 0 Å². The second-order valence-electron chi connectivity index (χ2n) is 7.19. The molecule has 3 amide bonds. The number of benzene rings is 1. The Morgan fingerprint density at radius 3 is 2.69 bits per heavy atom. The van der Waals surface area contributed by atoms with Crippen LogP contribution < -0.4 is 15.4 Å². The maximum atomic E-state index is 12.8. The van der Waals surface area contributed by atoms with Crippen LogP contribution in [0.25, 0.3) is 0 Å². The SMILES string of the molecule is O=C1CCC(N2Cc3c(OCC4CCNCC4)cccc3C2=O)C(=O)N1. The van der Waals surface area contributed by atoms with Crippen LogP contribution in [0, 0.1) is 5.92 Å². The number of hydrogen-bond donors (Lipinski definition) is 2. The number of rotatable bonds is 4. The fourth-order valence-electron chi connectivity index (χ4n) is 3.95. The summed E-state index contributed by atoms with van der Waals surface area (Å²) < 4.78 is 6.05. The van der Waals surface area contributed by atoms with E-state index in [1.807, 2.05) is 12.1 Å². The minimum atomic E-state index is -0.593. The van der Waals surface area contributed by atoms with E-state index in [1.165, 1.54) is 0 Å². The van der Waals surface area contributed by atoms with Crippen LogP contribution in [0.3, 0.4) is 0 Å². The van der Waals surface area contributed by atoms with E-state index in [9.17, 15) is 14.4 Å². The maximum Gasteiger partial charge on any atom is 0.255 e. The van der Waals surface area contributed by atoms with Gasteiger partial charge in [-0.15, -0.1) is 0 Å². The second kappa shape index (κ2) is 7.07. The molecule has 1 aromatic rings. The smallest absolute Gasteiger partial charge is 0.255 e. The molecule has 7 nitrogen and oxygen atoms in total. The van der Waals surface area contributed by atoms with Crippen molar-refractivity contribution in [3.05, 3.63) is 29.3 Å². The van der Waals surface area contributed by atoms with Gasteiger partial charge in [0.25, 0.3) is 5.91 Å². The lowest BCUT2D eigenvalue weighted by Crippen LogP contribution is -2.52. The summed E-state index contributed by atoms with van der Waals surface area (Å²) in [5.74, 6) is 0.419. The van der Waals surface area contributed by atoms with Crippen LogP contribution in [0.1, 0.15) is 41.6 Å². The van der Waals surface area contributed by atoms with Crippen molar-refractivity contribution in [3.63, 3.8) is 0 Å². The summed E-state index contributed by atoms with van der Waals surface area (Å²) in [6, 6.07) is 4.90. The van der Waals surface area contributed by atoms with Crippen LogP contribution in [-0.4, -0.2) is 48.4 Å². The quantitative estimate of drug-likeness (QED) is 0.779. The lowest BCUT2D eigenvalue weighted by Gasteiger charge is -2.29. The third-order valence-corrected chi connectivity index (χ3v) is 5.47. The molecule has 1 unspecified atom stereocenters. The first-order valence-electron chi connectivity index (χ1n) is 9.23. The number of piperidine rings is 2. The Morgan fingerprint density at radius 2 is 1.92 bits per heavy atom. The van der Waals surface area contributed by atoms with Gasteiger partial charge in [0.1, 0.15) is 11.8 Å². The molecular formula is C19H23N3O4. The first kappa shape index (κ1) is 17.0. The number of fused-ring (bicyclic) bond motifs is 1. The fraction of sp³-hybridized carbons (Fsp3) is 0.526. The Bertz CT molecular complexity index is 742. The van der Waals surface area contributed by atoms with E-state index < -0.39 is 6.04 Å². The van der Waals surface area contributed by atoms with Gasteiger partial charge in [0.15, 0.2) is 0 Å². The van der Waals surface area contributed by atoms with Crippen molar-refractivity contribution in [2.75, 3.05) is 19.7 Å². The maximum absolute atomic E-state index is 12.8. The average molecular weight is 357 g/mol. The zero-order chi connectivity index (χ0) is 18.1. The number of imide groups is 1. The van der Waals surface area contributed by atoms with Gasteiger partial charge >= 0.3 is 0 Å². The van der Waals surface area contributed by atoms with Gasteiger partial charge in [-0.25, -0.2) is 0 Å². The van der Waals surface area contributed by atoms with E-state index in [0.29, 0.717) is 31.1 Å². The molecule has 3 aliphatic heterocycles. The summed E-state index contributed by atoms with van der Waals surface area (Å²) in [7, 11) is 0. The molecule has 0 aromatic heterocycles. The van der Waals surface area contributed by atoms with E-state index in [0.717, 1.165) is 37.2 Å².